The third kappa shape index (κ3) is 4.14. The highest BCUT2D eigenvalue weighted by atomic mass is 35.5. The fourth-order valence-corrected chi connectivity index (χ4v) is 2.34. The zero-order valence-electron chi connectivity index (χ0n) is 9.95. The van der Waals surface area contributed by atoms with Gasteiger partial charge in [-0.15, -0.1) is 0 Å². The minimum Gasteiger partial charge on any atom is -0.465 e. The van der Waals surface area contributed by atoms with E-state index in [1.165, 1.54) is 18.4 Å². The van der Waals surface area contributed by atoms with Gasteiger partial charge in [-0.25, -0.2) is 9.78 Å². The molecule has 17 heavy (non-hydrogen) atoms. The number of nitrogens with zero attached hydrogens (tertiary/aromatic N) is 1. The van der Waals surface area contributed by atoms with Crippen molar-refractivity contribution in [1.82, 2.24) is 4.98 Å². The molecule has 0 radical (unpaired) electrons. The molecule has 0 saturated carbocycles. The van der Waals surface area contributed by atoms with Crippen molar-refractivity contribution in [3.63, 3.8) is 0 Å². The fraction of sp³-hybridized carbons (Fsp3) is 0.600. The molecule has 0 aliphatic carbocycles. The molecule has 1 N–H and O–H groups in total. The van der Waals surface area contributed by atoms with E-state index in [0.717, 1.165) is 0 Å². The summed E-state index contributed by atoms with van der Waals surface area (Å²) in [5, 5.41) is 3.85. The Balaban J connectivity index is 2.63. The van der Waals surface area contributed by atoms with Gasteiger partial charge in [-0.1, -0.05) is 22.9 Å². The number of hydrogen-bond acceptors (Lipinski definition) is 6. The predicted octanol–water partition coefficient (Wildman–Crippen LogP) is 2.42. The number of methoxy groups -OCH3 is 1. The fourth-order valence-electron chi connectivity index (χ4n) is 1.13. The standard InChI is InChI=1S/C10H15ClN2O3S/c1-4-16-5-6(2)12-10-13-8(11)7(17-10)9(14)15-3/h6H,4-5H2,1-3H3,(H,12,13). The zero-order valence-corrected chi connectivity index (χ0v) is 11.5. The molecule has 1 rings (SSSR count). The second-order valence-corrected chi connectivity index (χ2v) is 4.69. The zero-order chi connectivity index (χ0) is 12.8. The van der Waals surface area contributed by atoms with Crippen molar-refractivity contribution < 1.29 is 14.3 Å². The molecule has 0 bridgehead atoms. The molecule has 0 fully saturated rings. The minimum atomic E-state index is -0.474. The molecule has 0 aliphatic heterocycles. The van der Waals surface area contributed by atoms with E-state index < -0.39 is 5.97 Å². The van der Waals surface area contributed by atoms with Gasteiger partial charge in [0.2, 0.25) is 0 Å². The molecule has 1 aromatic heterocycles. The topological polar surface area (TPSA) is 60.5 Å². The van der Waals surface area contributed by atoms with Crippen molar-refractivity contribution in [2.75, 3.05) is 25.6 Å². The average molecular weight is 279 g/mol. The summed E-state index contributed by atoms with van der Waals surface area (Å²) in [6.45, 7) is 5.13. The second kappa shape index (κ2) is 6.78. The number of carbonyl (C=O) groups excluding carboxylic acids is 1. The molecule has 0 amide bonds. The Labute approximate surface area is 109 Å². The van der Waals surface area contributed by atoms with Crippen LogP contribution in [0.5, 0.6) is 0 Å². The second-order valence-electron chi connectivity index (χ2n) is 3.34. The van der Waals surface area contributed by atoms with E-state index in [-0.39, 0.29) is 11.2 Å². The van der Waals surface area contributed by atoms with Gasteiger partial charge >= 0.3 is 5.97 Å². The van der Waals surface area contributed by atoms with Gasteiger partial charge in [-0.3, -0.25) is 0 Å². The lowest BCUT2D eigenvalue weighted by Gasteiger charge is -2.11. The van der Waals surface area contributed by atoms with E-state index in [4.69, 9.17) is 16.3 Å². The SMILES string of the molecule is CCOCC(C)Nc1nc(Cl)c(C(=O)OC)s1. The lowest BCUT2D eigenvalue weighted by molar-refractivity contribution is 0.0606. The summed E-state index contributed by atoms with van der Waals surface area (Å²) in [5.74, 6) is -0.474. The number of anilines is 1. The molecule has 0 spiro atoms. The average Bonchev–Trinajstić information content (AvgIpc) is 2.66. The van der Waals surface area contributed by atoms with Gasteiger partial charge in [-0.2, -0.15) is 0 Å². The molecule has 1 aromatic rings. The van der Waals surface area contributed by atoms with E-state index in [1.807, 2.05) is 13.8 Å². The first-order valence-electron chi connectivity index (χ1n) is 5.17. The highest BCUT2D eigenvalue weighted by Crippen LogP contribution is 2.27. The summed E-state index contributed by atoms with van der Waals surface area (Å²) in [6, 6.07) is 0.0997. The molecule has 0 saturated heterocycles. The van der Waals surface area contributed by atoms with Crippen molar-refractivity contribution in [2.24, 2.45) is 0 Å². The van der Waals surface area contributed by atoms with Crippen molar-refractivity contribution in [3.8, 4) is 0 Å². The number of thiazole rings is 1. The van der Waals surface area contributed by atoms with Crippen molar-refractivity contribution in [2.45, 2.75) is 19.9 Å². The lowest BCUT2D eigenvalue weighted by Crippen LogP contribution is -2.21. The molecule has 1 unspecified atom stereocenters. The predicted molar refractivity (Wildman–Crippen MR) is 68.0 cm³/mol. The van der Waals surface area contributed by atoms with Gasteiger partial charge in [0.1, 0.15) is 0 Å². The van der Waals surface area contributed by atoms with E-state index in [2.05, 4.69) is 15.0 Å². The van der Waals surface area contributed by atoms with Crippen LogP contribution < -0.4 is 5.32 Å². The van der Waals surface area contributed by atoms with Crippen molar-refractivity contribution >= 4 is 34.0 Å². The van der Waals surface area contributed by atoms with Gasteiger partial charge < -0.3 is 14.8 Å². The van der Waals surface area contributed by atoms with Gasteiger partial charge in [0, 0.05) is 12.6 Å². The maximum absolute atomic E-state index is 11.3. The van der Waals surface area contributed by atoms with Crippen LogP contribution in [-0.4, -0.2) is 37.3 Å². The summed E-state index contributed by atoms with van der Waals surface area (Å²) in [5.41, 5.74) is 0. The Hall–Kier alpha value is -0.850. The van der Waals surface area contributed by atoms with Crippen molar-refractivity contribution in [1.29, 1.82) is 0 Å². The summed E-state index contributed by atoms with van der Waals surface area (Å²) >= 11 is 7.00. The largest absolute Gasteiger partial charge is 0.465 e. The van der Waals surface area contributed by atoms with E-state index >= 15 is 0 Å². The Kier molecular flexibility index (Phi) is 5.67. The van der Waals surface area contributed by atoms with Crippen LogP contribution in [0.1, 0.15) is 23.5 Å². The number of rotatable bonds is 6. The van der Waals surface area contributed by atoms with Crippen molar-refractivity contribution in [3.05, 3.63) is 10.0 Å². The first-order chi connectivity index (χ1) is 8.08. The van der Waals surface area contributed by atoms with Gasteiger partial charge in [0.05, 0.1) is 13.7 Å². The molecule has 1 heterocycles. The Morgan fingerprint density at radius 3 is 2.94 bits per heavy atom. The van der Waals surface area contributed by atoms with Gasteiger partial charge in [-0.05, 0) is 13.8 Å². The summed E-state index contributed by atoms with van der Waals surface area (Å²) < 4.78 is 9.86. The maximum Gasteiger partial charge on any atom is 0.351 e. The monoisotopic (exact) mass is 278 g/mol. The quantitative estimate of drug-likeness (QED) is 0.810. The number of nitrogens with one attached hydrogen (secondary N) is 1. The van der Waals surface area contributed by atoms with Crippen LogP contribution in [0.3, 0.4) is 0 Å². The third-order valence-corrected chi connectivity index (χ3v) is 3.25. The third-order valence-electron chi connectivity index (χ3n) is 1.90. The van der Waals surface area contributed by atoms with Crippen LogP contribution >= 0.6 is 22.9 Å². The summed E-state index contributed by atoms with van der Waals surface area (Å²) in [7, 11) is 1.31. The Morgan fingerprint density at radius 2 is 2.35 bits per heavy atom. The van der Waals surface area contributed by atoms with E-state index in [1.54, 1.807) is 0 Å². The summed E-state index contributed by atoms with van der Waals surface area (Å²) in [4.78, 5) is 15.7. The normalized spacial score (nSPS) is 12.2. The molecular formula is C10H15ClN2O3S. The molecule has 0 aliphatic rings. The van der Waals surface area contributed by atoms with Crippen LogP contribution in [0.4, 0.5) is 5.13 Å². The molecular weight excluding hydrogens is 264 g/mol. The molecule has 96 valence electrons. The minimum absolute atomic E-state index is 0.0997. The number of halogens is 1. The molecule has 0 aromatic carbocycles. The van der Waals surface area contributed by atoms with Crippen LogP contribution in [0.2, 0.25) is 5.15 Å². The van der Waals surface area contributed by atoms with Crippen LogP contribution in [0.15, 0.2) is 0 Å². The molecule has 7 heteroatoms. The van der Waals surface area contributed by atoms with E-state index in [0.29, 0.717) is 23.2 Å². The Morgan fingerprint density at radius 1 is 1.65 bits per heavy atom. The highest BCUT2D eigenvalue weighted by molar-refractivity contribution is 7.18. The lowest BCUT2D eigenvalue weighted by atomic mass is 10.4. The number of aromatic nitrogens is 1. The van der Waals surface area contributed by atoms with Gasteiger partial charge in [0.15, 0.2) is 15.2 Å². The van der Waals surface area contributed by atoms with Crippen LogP contribution in [0.25, 0.3) is 0 Å². The number of ether oxygens (including phenoxy) is 2. The first kappa shape index (κ1) is 14.2. The Bertz CT molecular complexity index is 384. The first-order valence-corrected chi connectivity index (χ1v) is 6.36. The highest BCUT2D eigenvalue weighted by Gasteiger charge is 2.18. The van der Waals surface area contributed by atoms with Crippen LogP contribution in [-0.2, 0) is 9.47 Å². The van der Waals surface area contributed by atoms with Crippen LogP contribution in [0, 0.1) is 0 Å². The smallest absolute Gasteiger partial charge is 0.351 e. The molecule has 1 atom stereocenters. The maximum atomic E-state index is 11.3. The number of carbonyl (C=O) groups is 1. The number of esters is 1. The molecule has 5 nitrogen and oxygen atoms in total. The van der Waals surface area contributed by atoms with Gasteiger partial charge in [0.25, 0.3) is 0 Å². The number of hydrogen-bond donors (Lipinski definition) is 1. The summed E-state index contributed by atoms with van der Waals surface area (Å²) in [6.07, 6.45) is 0. The van der Waals surface area contributed by atoms with E-state index in [9.17, 15) is 4.79 Å².